The van der Waals surface area contributed by atoms with Gasteiger partial charge in [-0.05, 0) is 36.0 Å². The van der Waals surface area contributed by atoms with Gasteiger partial charge in [-0.2, -0.15) is 5.26 Å². The van der Waals surface area contributed by atoms with Gasteiger partial charge in [0.2, 0.25) is 0 Å². The van der Waals surface area contributed by atoms with E-state index in [9.17, 15) is 10.1 Å². The number of pyridine rings is 1. The molecule has 3 aromatic rings. The first-order valence-corrected chi connectivity index (χ1v) is 6.67. The minimum atomic E-state index is -0.570. The van der Waals surface area contributed by atoms with E-state index >= 15 is 0 Å². The molecule has 7 nitrogen and oxygen atoms in total. The number of nitrogens with zero attached hydrogens (tertiary/aromatic N) is 5. The van der Waals surface area contributed by atoms with E-state index < -0.39 is 4.92 Å². The topological polar surface area (TPSA) is 97.1 Å². The number of hydrogen-bond acceptors (Lipinski definition) is 6. The summed E-state index contributed by atoms with van der Waals surface area (Å²) in [6, 6.07) is 11.8. The first-order valence-electron chi connectivity index (χ1n) is 5.85. The van der Waals surface area contributed by atoms with Gasteiger partial charge >= 0.3 is 0 Å². The highest BCUT2D eigenvalue weighted by atomic mass is 32.2. The van der Waals surface area contributed by atoms with Gasteiger partial charge in [0.1, 0.15) is 11.6 Å². The highest BCUT2D eigenvalue weighted by Crippen LogP contribution is 2.30. The van der Waals surface area contributed by atoms with Gasteiger partial charge in [-0.25, -0.2) is 0 Å². The highest BCUT2D eigenvalue weighted by molar-refractivity contribution is 7.99. The van der Waals surface area contributed by atoms with Crippen molar-refractivity contribution in [2.24, 2.45) is 0 Å². The Balaban J connectivity index is 1.99. The molecule has 2 heterocycles. The van der Waals surface area contributed by atoms with Crippen molar-refractivity contribution in [1.29, 1.82) is 5.26 Å². The lowest BCUT2D eigenvalue weighted by Crippen LogP contribution is -1.92. The third kappa shape index (κ3) is 2.42. The standard InChI is InChI=1S/C13H7N5O2S/c14-8-9-7-10(4-5-11(9)18(19)20)21-13-16-15-12-3-1-2-6-17(12)13/h1-7H. The van der Waals surface area contributed by atoms with Gasteiger partial charge in [0.15, 0.2) is 10.8 Å². The Morgan fingerprint density at radius 1 is 1.29 bits per heavy atom. The van der Waals surface area contributed by atoms with Crippen LogP contribution in [0.15, 0.2) is 52.6 Å². The third-order valence-electron chi connectivity index (χ3n) is 2.78. The Hall–Kier alpha value is -2.92. The molecule has 0 saturated heterocycles. The second-order valence-electron chi connectivity index (χ2n) is 4.06. The lowest BCUT2D eigenvalue weighted by molar-refractivity contribution is -0.385. The molecule has 0 saturated carbocycles. The van der Waals surface area contributed by atoms with Crippen LogP contribution in [0, 0.1) is 21.4 Å². The Labute approximate surface area is 123 Å². The molecule has 0 aliphatic heterocycles. The van der Waals surface area contributed by atoms with Crippen LogP contribution in [0.5, 0.6) is 0 Å². The molecule has 0 atom stereocenters. The highest BCUT2D eigenvalue weighted by Gasteiger charge is 2.15. The molecule has 1 aromatic carbocycles. The molecule has 0 bridgehead atoms. The number of benzene rings is 1. The van der Waals surface area contributed by atoms with Crippen molar-refractivity contribution in [2.45, 2.75) is 10.1 Å². The third-order valence-corrected chi connectivity index (χ3v) is 3.73. The van der Waals surface area contributed by atoms with Crippen molar-refractivity contribution >= 4 is 23.1 Å². The summed E-state index contributed by atoms with van der Waals surface area (Å²) in [4.78, 5) is 10.9. The summed E-state index contributed by atoms with van der Waals surface area (Å²) < 4.78 is 1.80. The molecule has 0 aliphatic rings. The molecular formula is C13H7N5O2S. The van der Waals surface area contributed by atoms with Crippen LogP contribution in [-0.2, 0) is 0 Å². The van der Waals surface area contributed by atoms with Gasteiger partial charge in [0, 0.05) is 17.2 Å². The van der Waals surface area contributed by atoms with Gasteiger partial charge in [-0.3, -0.25) is 14.5 Å². The summed E-state index contributed by atoms with van der Waals surface area (Å²) in [5.74, 6) is 0. The number of nitro groups is 1. The molecule has 21 heavy (non-hydrogen) atoms. The van der Waals surface area contributed by atoms with E-state index in [2.05, 4.69) is 10.2 Å². The maximum atomic E-state index is 10.8. The van der Waals surface area contributed by atoms with E-state index in [0.29, 0.717) is 15.7 Å². The summed E-state index contributed by atoms with van der Waals surface area (Å²) in [6.45, 7) is 0. The van der Waals surface area contributed by atoms with Crippen LogP contribution in [0.3, 0.4) is 0 Å². The second kappa shape index (κ2) is 5.22. The lowest BCUT2D eigenvalue weighted by Gasteiger charge is -2.01. The van der Waals surface area contributed by atoms with Gasteiger partial charge in [-0.15, -0.1) is 10.2 Å². The van der Waals surface area contributed by atoms with E-state index in [0.717, 1.165) is 0 Å². The predicted molar refractivity (Wildman–Crippen MR) is 74.9 cm³/mol. The van der Waals surface area contributed by atoms with Crippen LogP contribution in [0.2, 0.25) is 0 Å². The number of aromatic nitrogens is 3. The Kier molecular flexibility index (Phi) is 3.25. The minimum Gasteiger partial charge on any atom is -0.277 e. The molecular weight excluding hydrogens is 290 g/mol. The normalized spacial score (nSPS) is 10.4. The first kappa shape index (κ1) is 13.1. The zero-order valence-corrected chi connectivity index (χ0v) is 11.3. The van der Waals surface area contributed by atoms with Crippen LogP contribution in [0.25, 0.3) is 5.65 Å². The van der Waals surface area contributed by atoms with Crippen molar-refractivity contribution in [3.8, 4) is 6.07 Å². The summed E-state index contributed by atoms with van der Waals surface area (Å²) in [6.07, 6.45) is 1.83. The maximum absolute atomic E-state index is 10.8. The largest absolute Gasteiger partial charge is 0.287 e. The predicted octanol–water partition coefficient (Wildman–Crippen LogP) is 2.66. The van der Waals surface area contributed by atoms with Crippen molar-refractivity contribution in [1.82, 2.24) is 14.6 Å². The number of rotatable bonds is 3. The second-order valence-corrected chi connectivity index (χ2v) is 5.10. The monoisotopic (exact) mass is 297 g/mol. The Bertz CT molecular complexity index is 884. The molecule has 0 aliphatic carbocycles. The molecule has 0 radical (unpaired) electrons. The SMILES string of the molecule is N#Cc1cc(Sc2nnc3ccccn23)ccc1[N+](=O)[O-]. The molecule has 2 aromatic heterocycles. The van der Waals surface area contributed by atoms with Crippen molar-refractivity contribution in [3.63, 3.8) is 0 Å². The van der Waals surface area contributed by atoms with Gasteiger partial charge in [-0.1, -0.05) is 6.07 Å². The Morgan fingerprint density at radius 2 is 2.14 bits per heavy atom. The molecule has 3 rings (SSSR count). The van der Waals surface area contributed by atoms with E-state index in [-0.39, 0.29) is 11.3 Å². The number of nitriles is 1. The molecule has 0 amide bonds. The summed E-state index contributed by atoms with van der Waals surface area (Å²) in [5, 5.41) is 28.5. The smallest absolute Gasteiger partial charge is 0.277 e. The first-order chi connectivity index (χ1) is 10.2. The number of hydrogen-bond donors (Lipinski definition) is 0. The van der Waals surface area contributed by atoms with Gasteiger partial charge in [0.05, 0.1) is 4.92 Å². The maximum Gasteiger partial charge on any atom is 0.287 e. The average Bonchev–Trinajstić information content (AvgIpc) is 2.90. The molecule has 0 unspecified atom stereocenters. The lowest BCUT2D eigenvalue weighted by atomic mass is 10.2. The summed E-state index contributed by atoms with van der Waals surface area (Å²) in [5.41, 5.74) is 0.536. The van der Waals surface area contributed by atoms with E-state index in [1.165, 1.54) is 23.9 Å². The van der Waals surface area contributed by atoms with Crippen LogP contribution < -0.4 is 0 Å². The summed E-state index contributed by atoms with van der Waals surface area (Å²) >= 11 is 1.29. The van der Waals surface area contributed by atoms with Crippen molar-refractivity contribution in [2.75, 3.05) is 0 Å². The fraction of sp³-hybridized carbons (Fsp3) is 0. The molecule has 0 fully saturated rings. The van der Waals surface area contributed by atoms with E-state index in [1.54, 1.807) is 10.5 Å². The fourth-order valence-electron chi connectivity index (χ4n) is 1.82. The minimum absolute atomic E-state index is 0.0267. The molecule has 0 spiro atoms. The van der Waals surface area contributed by atoms with E-state index in [1.807, 2.05) is 30.5 Å². The van der Waals surface area contributed by atoms with Crippen molar-refractivity contribution < 1.29 is 4.92 Å². The average molecular weight is 297 g/mol. The quantitative estimate of drug-likeness (QED) is 0.544. The zero-order chi connectivity index (χ0) is 14.8. The molecule has 8 heteroatoms. The number of nitro benzene ring substituents is 1. The fourth-order valence-corrected chi connectivity index (χ4v) is 2.68. The van der Waals surface area contributed by atoms with Crippen LogP contribution in [0.1, 0.15) is 5.56 Å². The van der Waals surface area contributed by atoms with Crippen LogP contribution >= 0.6 is 11.8 Å². The van der Waals surface area contributed by atoms with Crippen molar-refractivity contribution in [3.05, 3.63) is 58.3 Å². The Morgan fingerprint density at radius 3 is 2.90 bits per heavy atom. The van der Waals surface area contributed by atoms with Gasteiger partial charge < -0.3 is 0 Å². The number of fused-ring (bicyclic) bond motifs is 1. The molecule has 102 valence electrons. The van der Waals surface area contributed by atoms with Crippen LogP contribution in [-0.4, -0.2) is 19.5 Å². The van der Waals surface area contributed by atoms with Gasteiger partial charge in [0.25, 0.3) is 5.69 Å². The van der Waals surface area contributed by atoms with E-state index in [4.69, 9.17) is 5.26 Å². The summed E-state index contributed by atoms with van der Waals surface area (Å²) in [7, 11) is 0. The van der Waals surface area contributed by atoms with Crippen LogP contribution in [0.4, 0.5) is 5.69 Å². The molecule has 0 N–H and O–H groups in total. The zero-order valence-electron chi connectivity index (χ0n) is 10.5.